The van der Waals surface area contributed by atoms with Gasteiger partial charge in [0.25, 0.3) is 10.0 Å². The van der Waals surface area contributed by atoms with E-state index >= 15 is 0 Å². The summed E-state index contributed by atoms with van der Waals surface area (Å²) in [5.41, 5.74) is 0.929. The largest absolute Gasteiger partial charge is 0.497 e. The zero-order valence-corrected chi connectivity index (χ0v) is 17.0. The van der Waals surface area contributed by atoms with Crippen molar-refractivity contribution in [2.24, 2.45) is 5.92 Å². The average molecular weight is 407 g/mol. The van der Waals surface area contributed by atoms with Gasteiger partial charge >= 0.3 is 0 Å². The smallest absolute Gasteiger partial charge is 0.262 e. The van der Waals surface area contributed by atoms with Crippen LogP contribution in [-0.4, -0.2) is 48.4 Å². The summed E-state index contributed by atoms with van der Waals surface area (Å²) in [5.74, 6) is 0.220. The molecule has 1 N–H and O–H groups in total. The first kappa shape index (κ1) is 20.3. The monoisotopic (exact) mass is 406 g/mol. The summed E-state index contributed by atoms with van der Waals surface area (Å²) in [7, 11) is -2.09. The minimum atomic E-state index is -3.69. The number of methoxy groups -OCH3 is 1. The number of sulfonamides is 1. The van der Waals surface area contributed by atoms with Crippen LogP contribution in [0.15, 0.2) is 41.8 Å². The topological polar surface area (TPSA) is 93.5 Å². The Morgan fingerprint density at radius 3 is 2.93 bits per heavy atom. The van der Waals surface area contributed by atoms with Gasteiger partial charge in [0, 0.05) is 32.4 Å². The molecule has 0 spiro atoms. The summed E-state index contributed by atoms with van der Waals surface area (Å²) in [6.45, 7) is 3.52. The van der Waals surface area contributed by atoms with Gasteiger partial charge < -0.3 is 14.6 Å². The molecular weight excluding hydrogens is 380 g/mol. The molecule has 1 aliphatic rings. The summed E-state index contributed by atoms with van der Waals surface area (Å²) >= 11 is 0. The Bertz CT molecular complexity index is 926. The van der Waals surface area contributed by atoms with Gasteiger partial charge in [0.2, 0.25) is 5.91 Å². The number of imidazole rings is 1. The number of hydrogen-bond donors (Lipinski definition) is 1. The van der Waals surface area contributed by atoms with Crippen molar-refractivity contribution in [1.82, 2.24) is 19.2 Å². The highest BCUT2D eigenvalue weighted by atomic mass is 32.2. The summed E-state index contributed by atoms with van der Waals surface area (Å²) in [6.07, 6.45) is 4.35. The van der Waals surface area contributed by atoms with Crippen LogP contribution in [0.25, 0.3) is 0 Å². The molecule has 1 unspecified atom stereocenters. The van der Waals surface area contributed by atoms with Gasteiger partial charge in [-0.05, 0) is 37.5 Å². The molecule has 0 radical (unpaired) electrons. The molecule has 1 amide bonds. The lowest BCUT2D eigenvalue weighted by Gasteiger charge is -2.30. The van der Waals surface area contributed by atoms with Crippen LogP contribution in [0.2, 0.25) is 0 Å². The highest BCUT2D eigenvalue weighted by Crippen LogP contribution is 2.23. The first-order valence-corrected chi connectivity index (χ1v) is 10.8. The van der Waals surface area contributed by atoms with E-state index in [1.807, 2.05) is 31.2 Å². The lowest BCUT2D eigenvalue weighted by molar-refractivity contribution is -0.126. The van der Waals surface area contributed by atoms with Crippen LogP contribution in [0.4, 0.5) is 0 Å². The van der Waals surface area contributed by atoms with E-state index < -0.39 is 10.0 Å². The number of amides is 1. The summed E-state index contributed by atoms with van der Waals surface area (Å²) in [4.78, 5) is 16.6. The van der Waals surface area contributed by atoms with Gasteiger partial charge in [-0.25, -0.2) is 13.4 Å². The molecule has 28 heavy (non-hydrogen) atoms. The molecule has 1 saturated heterocycles. The fourth-order valence-corrected chi connectivity index (χ4v) is 4.73. The standard InChI is InChI=1S/C19H26N4O4S/c1-3-22-13-18(21-14-22)28(25,26)23-9-5-7-16(12-23)19(24)20-11-15-6-4-8-17(10-15)27-2/h4,6,8,10,13-14,16H,3,5,7,9,11-12H2,1-2H3,(H,20,24). The Labute approximate surface area is 165 Å². The van der Waals surface area contributed by atoms with Crippen LogP contribution in [-0.2, 0) is 27.9 Å². The molecule has 1 fully saturated rings. The molecule has 1 aromatic carbocycles. The number of hydrogen-bond acceptors (Lipinski definition) is 5. The second-order valence-electron chi connectivity index (χ2n) is 6.81. The van der Waals surface area contributed by atoms with Gasteiger partial charge in [-0.3, -0.25) is 4.79 Å². The number of benzene rings is 1. The minimum Gasteiger partial charge on any atom is -0.497 e. The van der Waals surface area contributed by atoms with Crippen molar-refractivity contribution in [1.29, 1.82) is 0 Å². The molecule has 0 aliphatic carbocycles. The summed E-state index contributed by atoms with van der Waals surface area (Å²) in [5, 5.41) is 2.94. The zero-order valence-electron chi connectivity index (χ0n) is 16.2. The molecule has 152 valence electrons. The van der Waals surface area contributed by atoms with Gasteiger partial charge in [0.1, 0.15) is 5.75 Å². The molecule has 1 atom stereocenters. The van der Waals surface area contributed by atoms with Crippen molar-refractivity contribution in [3.8, 4) is 5.75 Å². The van der Waals surface area contributed by atoms with Gasteiger partial charge in [-0.15, -0.1) is 0 Å². The second kappa shape index (κ2) is 8.74. The molecule has 0 bridgehead atoms. The maximum absolute atomic E-state index is 12.8. The van der Waals surface area contributed by atoms with Crippen molar-refractivity contribution in [3.63, 3.8) is 0 Å². The van der Waals surface area contributed by atoms with E-state index in [9.17, 15) is 13.2 Å². The lowest BCUT2D eigenvalue weighted by Crippen LogP contribution is -2.45. The van der Waals surface area contributed by atoms with Gasteiger partial charge in [0.15, 0.2) is 5.03 Å². The molecule has 1 aliphatic heterocycles. The quantitative estimate of drug-likeness (QED) is 0.754. The van der Waals surface area contributed by atoms with E-state index in [1.165, 1.54) is 16.8 Å². The van der Waals surface area contributed by atoms with Crippen molar-refractivity contribution < 1.29 is 17.9 Å². The maximum atomic E-state index is 12.8. The Hall–Kier alpha value is -2.39. The van der Waals surface area contributed by atoms with Crippen molar-refractivity contribution in [3.05, 3.63) is 42.4 Å². The van der Waals surface area contributed by atoms with E-state index in [0.717, 1.165) is 11.3 Å². The number of ether oxygens (including phenoxy) is 1. The fourth-order valence-electron chi connectivity index (χ4n) is 3.27. The fraction of sp³-hybridized carbons (Fsp3) is 0.474. The third-order valence-corrected chi connectivity index (χ3v) is 6.69. The number of nitrogens with one attached hydrogen (secondary N) is 1. The zero-order chi connectivity index (χ0) is 20.1. The van der Waals surface area contributed by atoms with E-state index in [2.05, 4.69) is 10.3 Å². The lowest BCUT2D eigenvalue weighted by atomic mass is 9.99. The summed E-state index contributed by atoms with van der Waals surface area (Å²) < 4.78 is 34.0. The Kier molecular flexibility index (Phi) is 6.35. The van der Waals surface area contributed by atoms with Crippen LogP contribution >= 0.6 is 0 Å². The molecule has 3 rings (SSSR count). The Morgan fingerprint density at radius 1 is 1.39 bits per heavy atom. The highest BCUT2D eigenvalue weighted by Gasteiger charge is 2.34. The van der Waals surface area contributed by atoms with Gasteiger partial charge in [0.05, 0.1) is 19.4 Å². The van der Waals surface area contributed by atoms with Crippen molar-refractivity contribution in [2.45, 2.75) is 37.9 Å². The normalized spacial score (nSPS) is 18.0. The number of carbonyl (C=O) groups excluding carboxylic acids is 1. The van der Waals surface area contributed by atoms with Crippen LogP contribution in [0.5, 0.6) is 5.75 Å². The van der Waals surface area contributed by atoms with Crippen LogP contribution < -0.4 is 10.1 Å². The van der Waals surface area contributed by atoms with Crippen LogP contribution in [0, 0.1) is 5.92 Å². The second-order valence-corrected chi connectivity index (χ2v) is 8.70. The summed E-state index contributed by atoms with van der Waals surface area (Å²) in [6, 6.07) is 7.48. The number of aromatic nitrogens is 2. The number of piperidine rings is 1. The SMILES string of the molecule is CCn1cnc(S(=O)(=O)N2CCCC(C(=O)NCc3cccc(OC)c3)C2)c1. The molecular formula is C19H26N4O4S. The maximum Gasteiger partial charge on any atom is 0.262 e. The van der Waals surface area contributed by atoms with Crippen LogP contribution in [0.3, 0.4) is 0 Å². The van der Waals surface area contributed by atoms with Crippen LogP contribution in [0.1, 0.15) is 25.3 Å². The van der Waals surface area contributed by atoms with Gasteiger partial charge in [-0.2, -0.15) is 4.31 Å². The van der Waals surface area contributed by atoms with E-state index in [1.54, 1.807) is 11.7 Å². The number of nitrogens with zero attached hydrogens (tertiary/aromatic N) is 3. The Morgan fingerprint density at radius 2 is 2.21 bits per heavy atom. The number of aryl methyl sites for hydroxylation is 1. The number of carbonyl (C=O) groups is 1. The van der Waals surface area contributed by atoms with Gasteiger partial charge in [-0.1, -0.05) is 12.1 Å². The molecule has 2 aromatic rings. The third kappa shape index (κ3) is 4.53. The first-order valence-electron chi connectivity index (χ1n) is 9.36. The van der Waals surface area contributed by atoms with E-state index in [4.69, 9.17) is 4.74 Å². The predicted molar refractivity (Wildman–Crippen MR) is 104 cm³/mol. The highest BCUT2D eigenvalue weighted by molar-refractivity contribution is 7.89. The van der Waals surface area contributed by atoms with Crippen molar-refractivity contribution in [2.75, 3.05) is 20.2 Å². The third-order valence-electron chi connectivity index (χ3n) is 4.93. The molecule has 8 nitrogen and oxygen atoms in total. The average Bonchev–Trinajstić information content (AvgIpc) is 3.22. The Balaban J connectivity index is 1.62. The first-order chi connectivity index (χ1) is 13.4. The van der Waals surface area contributed by atoms with E-state index in [0.29, 0.717) is 32.5 Å². The minimum absolute atomic E-state index is 0.0341. The molecule has 9 heteroatoms. The van der Waals surface area contributed by atoms with E-state index in [-0.39, 0.29) is 23.4 Å². The molecule has 1 aromatic heterocycles. The molecule has 0 saturated carbocycles. The molecule has 2 heterocycles. The predicted octanol–water partition coefficient (Wildman–Crippen LogP) is 1.63. The number of rotatable bonds is 7. The van der Waals surface area contributed by atoms with Crippen molar-refractivity contribution >= 4 is 15.9 Å².